The van der Waals surface area contributed by atoms with Crippen LogP contribution >= 0.6 is 0 Å². The highest BCUT2D eigenvalue weighted by atomic mass is 16.5. The van der Waals surface area contributed by atoms with E-state index in [9.17, 15) is 5.11 Å². The Bertz CT molecular complexity index is 420. The monoisotopic (exact) mass is 246 g/mol. The fraction of sp³-hybridized carbons (Fsp3) is 0.357. The second kappa shape index (κ2) is 7.49. The lowest BCUT2D eigenvalue weighted by atomic mass is 10.2. The van der Waals surface area contributed by atoms with Crippen LogP contribution in [0, 0.1) is 11.3 Å². The number of nitrogens with one attached hydrogen (secondary N) is 1. The summed E-state index contributed by atoms with van der Waals surface area (Å²) in [4.78, 5) is 0. The number of ether oxygens (including phenoxy) is 1. The Morgan fingerprint density at radius 1 is 1.50 bits per heavy atom. The highest BCUT2D eigenvalue weighted by Gasteiger charge is 2.04. The van der Waals surface area contributed by atoms with Crippen molar-refractivity contribution in [2.75, 3.05) is 19.7 Å². The highest BCUT2D eigenvalue weighted by molar-refractivity contribution is 5.34. The number of aliphatic hydroxyl groups excluding tert-OH is 1. The van der Waals surface area contributed by atoms with Gasteiger partial charge in [0, 0.05) is 13.1 Å². The maximum absolute atomic E-state index is 9.65. The third kappa shape index (κ3) is 5.48. The van der Waals surface area contributed by atoms with Crippen LogP contribution in [-0.4, -0.2) is 30.9 Å². The lowest BCUT2D eigenvalue weighted by molar-refractivity contribution is 0.107. The molecule has 0 fully saturated rings. The molecule has 0 saturated heterocycles. The summed E-state index contributed by atoms with van der Waals surface area (Å²) in [5.74, 6) is 0.646. The van der Waals surface area contributed by atoms with Gasteiger partial charge in [-0.05, 0) is 31.2 Å². The Hall–Kier alpha value is -1.83. The molecule has 0 radical (unpaired) electrons. The Kier molecular flexibility index (Phi) is 5.92. The van der Waals surface area contributed by atoms with E-state index < -0.39 is 6.10 Å². The van der Waals surface area contributed by atoms with Crippen molar-refractivity contribution >= 4 is 0 Å². The minimum absolute atomic E-state index is 0.217. The van der Waals surface area contributed by atoms with Crippen molar-refractivity contribution in [2.45, 2.75) is 13.0 Å². The van der Waals surface area contributed by atoms with Gasteiger partial charge in [-0.2, -0.15) is 5.26 Å². The predicted octanol–water partition coefficient (Wildman–Crippen LogP) is 1.46. The van der Waals surface area contributed by atoms with Gasteiger partial charge in [0.15, 0.2) is 0 Å². The fourth-order valence-electron chi connectivity index (χ4n) is 1.33. The molecule has 1 aromatic carbocycles. The minimum atomic E-state index is -0.569. The number of aliphatic hydroxyl groups is 1. The maximum atomic E-state index is 9.65. The summed E-state index contributed by atoms with van der Waals surface area (Å²) in [5, 5.41) is 21.4. The average Bonchev–Trinajstić information content (AvgIpc) is 2.36. The number of benzene rings is 1. The van der Waals surface area contributed by atoms with Crippen LogP contribution in [0.5, 0.6) is 5.75 Å². The van der Waals surface area contributed by atoms with Crippen molar-refractivity contribution in [3.8, 4) is 11.8 Å². The Morgan fingerprint density at radius 3 is 2.72 bits per heavy atom. The van der Waals surface area contributed by atoms with Gasteiger partial charge in [-0.3, -0.25) is 0 Å². The Morgan fingerprint density at radius 2 is 2.17 bits per heavy atom. The second-order valence-electron chi connectivity index (χ2n) is 4.19. The zero-order chi connectivity index (χ0) is 13.4. The van der Waals surface area contributed by atoms with Gasteiger partial charge in [0.25, 0.3) is 0 Å². The molecule has 0 saturated carbocycles. The van der Waals surface area contributed by atoms with Crippen molar-refractivity contribution in [1.29, 1.82) is 5.26 Å². The lowest BCUT2D eigenvalue weighted by Gasteiger charge is -2.13. The molecule has 18 heavy (non-hydrogen) atoms. The molecule has 2 N–H and O–H groups in total. The summed E-state index contributed by atoms with van der Waals surface area (Å²) in [6.45, 7) is 7.05. The molecule has 0 aliphatic heterocycles. The van der Waals surface area contributed by atoms with E-state index in [1.165, 1.54) is 0 Å². The smallest absolute Gasteiger partial charge is 0.119 e. The molecular weight excluding hydrogens is 228 g/mol. The van der Waals surface area contributed by atoms with E-state index in [4.69, 9.17) is 10.00 Å². The first-order chi connectivity index (χ1) is 8.61. The van der Waals surface area contributed by atoms with Crippen LogP contribution in [0.15, 0.2) is 36.4 Å². The summed E-state index contributed by atoms with van der Waals surface area (Å²) in [6, 6.07) is 8.83. The van der Waals surface area contributed by atoms with Crippen LogP contribution in [0.3, 0.4) is 0 Å². The summed E-state index contributed by atoms with van der Waals surface area (Å²) < 4.78 is 5.40. The van der Waals surface area contributed by atoms with Gasteiger partial charge in [-0.25, -0.2) is 0 Å². The molecule has 1 unspecified atom stereocenters. The third-order valence-corrected chi connectivity index (χ3v) is 2.23. The standard InChI is InChI=1S/C14H18N2O2/c1-11(2)8-16-9-13(17)10-18-14-5-3-12(7-15)4-6-14/h3-6,13,16-17H,1,8-10H2,2H3. The average molecular weight is 246 g/mol. The Labute approximate surface area is 108 Å². The van der Waals surface area contributed by atoms with E-state index in [1.807, 2.05) is 13.0 Å². The van der Waals surface area contributed by atoms with Crippen molar-refractivity contribution in [3.63, 3.8) is 0 Å². The molecule has 0 aromatic heterocycles. The predicted molar refractivity (Wildman–Crippen MR) is 70.3 cm³/mol. The van der Waals surface area contributed by atoms with E-state index in [2.05, 4.69) is 11.9 Å². The van der Waals surface area contributed by atoms with Crippen molar-refractivity contribution in [2.24, 2.45) is 0 Å². The van der Waals surface area contributed by atoms with E-state index in [1.54, 1.807) is 24.3 Å². The number of hydrogen-bond donors (Lipinski definition) is 2. The van der Waals surface area contributed by atoms with Gasteiger partial charge in [-0.15, -0.1) is 0 Å². The summed E-state index contributed by atoms with van der Waals surface area (Å²) in [5.41, 5.74) is 1.61. The van der Waals surface area contributed by atoms with Crippen LogP contribution in [0.4, 0.5) is 0 Å². The maximum Gasteiger partial charge on any atom is 0.119 e. The van der Waals surface area contributed by atoms with E-state index >= 15 is 0 Å². The molecule has 4 heteroatoms. The van der Waals surface area contributed by atoms with Gasteiger partial charge in [-0.1, -0.05) is 12.2 Å². The normalized spacial score (nSPS) is 11.6. The van der Waals surface area contributed by atoms with Crippen LogP contribution in [0.25, 0.3) is 0 Å². The second-order valence-corrected chi connectivity index (χ2v) is 4.19. The quantitative estimate of drug-likeness (QED) is 0.715. The molecular formula is C14H18N2O2. The number of nitrogens with zero attached hydrogens (tertiary/aromatic N) is 1. The summed E-state index contributed by atoms with van der Waals surface area (Å²) in [6.07, 6.45) is -0.569. The van der Waals surface area contributed by atoms with Crippen LogP contribution in [0.2, 0.25) is 0 Å². The molecule has 0 bridgehead atoms. The molecule has 96 valence electrons. The van der Waals surface area contributed by atoms with E-state index in [-0.39, 0.29) is 6.61 Å². The van der Waals surface area contributed by atoms with E-state index in [0.717, 1.165) is 5.57 Å². The number of hydrogen-bond acceptors (Lipinski definition) is 4. The molecule has 0 aliphatic rings. The zero-order valence-corrected chi connectivity index (χ0v) is 10.5. The molecule has 1 rings (SSSR count). The topological polar surface area (TPSA) is 65.3 Å². The van der Waals surface area contributed by atoms with Gasteiger partial charge in [0.1, 0.15) is 18.5 Å². The zero-order valence-electron chi connectivity index (χ0n) is 10.5. The lowest BCUT2D eigenvalue weighted by Crippen LogP contribution is -2.32. The summed E-state index contributed by atoms with van der Waals surface area (Å²) >= 11 is 0. The molecule has 1 atom stereocenters. The minimum Gasteiger partial charge on any atom is -0.491 e. The molecule has 1 aromatic rings. The molecule has 0 spiro atoms. The van der Waals surface area contributed by atoms with Gasteiger partial charge in [0.2, 0.25) is 0 Å². The SMILES string of the molecule is C=C(C)CNCC(O)COc1ccc(C#N)cc1. The number of nitriles is 1. The van der Waals surface area contributed by atoms with Crippen LogP contribution in [-0.2, 0) is 0 Å². The van der Waals surface area contributed by atoms with Crippen molar-refractivity contribution in [1.82, 2.24) is 5.32 Å². The summed E-state index contributed by atoms with van der Waals surface area (Å²) in [7, 11) is 0. The fourth-order valence-corrected chi connectivity index (χ4v) is 1.33. The van der Waals surface area contributed by atoms with Crippen LogP contribution < -0.4 is 10.1 Å². The van der Waals surface area contributed by atoms with Gasteiger partial charge < -0.3 is 15.2 Å². The van der Waals surface area contributed by atoms with Crippen molar-refractivity contribution in [3.05, 3.63) is 42.0 Å². The van der Waals surface area contributed by atoms with E-state index in [0.29, 0.717) is 24.4 Å². The Balaban J connectivity index is 2.27. The first kappa shape index (κ1) is 14.2. The molecule has 0 heterocycles. The van der Waals surface area contributed by atoms with Crippen molar-refractivity contribution < 1.29 is 9.84 Å². The highest BCUT2D eigenvalue weighted by Crippen LogP contribution is 2.11. The largest absolute Gasteiger partial charge is 0.491 e. The van der Waals surface area contributed by atoms with Gasteiger partial charge in [0.05, 0.1) is 11.6 Å². The first-order valence-corrected chi connectivity index (χ1v) is 5.78. The first-order valence-electron chi connectivity index (χ1n) is 5.78. The number of rotatable bonds is 7. The third-order valence-electron chi connectivity index (χ3n) is 2.23. The van der Waals surface area contributed by atoms with Crippen LogP contribution in [0.1, 0.15) is 12.5 Å². The van der Waals surface area contributed by atoms with Gasteiger partial charge >= 0.3 is 0 Å². The molecule has 0 aliphatic carbocycles. The molecule has 0 amide bonds. The molecule has 4 nitrogen and oxygen atoms in total.